The van der Waals surface area contributed by atoms with E-state index in [1.54, 1.807) is 30.3 Å². The summed E-state index contributed by atoms with van der Waals surface area (Å²) in [6.07, 6.45) is 0. The Kier molecular flexibility index (Phi) is 6.91. The molecular formula is C25H21N7O5. The fraction of sp³-hybridized carbons (Fsp3) is 0.0400. The number of aliphatic hydroxyl groups excluding tert-OH is 1. The summed E-state index contributed by atoms with van der Waals surface area (Å²) in [7, 11) is 0. The molecule has 186 valence electrons. The maximum absolute atomic E-state index is 12.7. The van der Waals surface area contributed by atoms with E-state index < -0.39 is 11.8 Å². The number of nitrogens with one attached hydrogen (secondary N) is 4. The number of nitrogens with two attached hydrogens (primary N) is 1. The van der Waals surface area contributed by atoms with Gasteiger partial charge in [0, 0.05) is 22.5 Å². The summed E-state index contributed by atoms with van der Waals surface area (Å²) < 4.78 is 0. The number of hydrogen-bond donors (Lipinski definition) is 6. The molecular weight excluding hydrogens is 478 g/mol. The normalized spacial score (nSPS) is 11.8. The molecule has 1 aromatic heterocycles. The number of carbonyl (C=O) groups excluding carboxylic acids is 3. The monoisotopic (exact) mass is 499 g/mol. The first-order valence-corrected chi connectivity index (χ1v) is 10.9. The molecule has 0 atom stereocenters. The molecule has 3 aromatic carbocycles. The Balaban J connectivity index is 1.42. The number of fused-ring (bicyclic) bond motifs is 1. The van der Waals surface area contributed by atoms with E-state index in [9.17, 15) is 24.3 Å². The van der Waals surface area contributed by atoms with Gasteiger partial charge in [-0.2, -0.15) is 5.11 Å². The fourth-order valence-electron chi connectivity index (χ4n) is 3.29. The van der Waals surface area contributed by atoms with Gasteiger partial charge in [-0.25, -0.2) is 4.79 Å². The number of hydrogen-bond acceptors (Lipinski definition) is 7. The summed E-state index contributed by atoms with van der Waals surface area (Å²) in [5, 5.41) is 23.1. The van der Waals surface area contributed by atoms with Gasteiger partial charge < -0.3 is 31.4 Å². The predicted molar refractivity (Wildman–Crippen MR) is 137 cm³/mol. The topological polar surface area (TPSA) is 195 Å². The zero-order valence-corrected chi connectivity index (χ0v) is 19.4. The van der Waals surface area contributed by atoms with Gasteiger partial charge in [0.15, 0.2) is 5.70 Å². The van der Waals surface area contributed by atoms with Crippen molar-refractivity contribution < 1.29 is 19.5 Å². The summed E-state index contributed by atoms with van der Waals surface area (Å²) in [6, 6.07) is 17.0. The lowest BCUT2D eigenvalue weighted by Crippen LogP contribution is -2.14. The summed E-state index contributed by atoms with van der Waals surface area (Å²) >= 11 is 0. The van der Waals surface area contributed by atoms with Crippen LogP contribution in [0, 0.1) is 0 Å². The number of aliphatic hydroxyl groups is 1. The Bertz CT molecular complexity index is 1610. The largest absolute Gasteiger partial charge is 0.510 e. The molecule has 0 spiro atoms. The quantitative estimate of drug-likeness (QED) is 0.128. The van der Waals surface area contributed by atoms with Crippen LogP contribution >= 0.6 is 0 Å². The molecule has 12 nitrogen and oxygen atoms in total. The van der Waals surface area contributed by atoms with E-state index in [1.165, 1.54) is 43.3 Å². The number of imidazole rings is 1. The van der Waals surface area contributed by atoms with E-state index >= 15 is 0 Å². The highest BCUT2D eigenvalue weighted by Gasteiger charge is 2.14. The third-order valence-electron chi connectivity index (χ3n) is 5.15. The number of amides is 3. The van der Waals surface area contributed by atoms with Crippen molar-refractivity contribution in [2.24, 2.45) is 16.0 Å². The molecule has 4 rings (SSSR count). The van der Waals surface area contributed by atoms with Gasteiger partial charge in [0.1, 0.15) is 5.76 Å². The maximum Gasteiger partial charge on any atom is 0.323 e. The van der Waals surface area contributed by atoms with Gasteiger partial charge in [-0.1, -0.05) is 0 Å². The number of rotatable bonds is 7. The van der Waals surface area contributed by atoms with Crippen molar-refractivity contribution in [3.63, 3.8) is 0 Å². The van der Waals surface area contributed by atoms with Crippen molar-refractivity contribution in [3.8, 4) is 0 Å². The Morgan fingerprint density at radius 3 is 2.11 bits per heavy atom. The highest BCUT2D eigenvalue weighted by atomic mass is 16.3. The first kappa shape index (κ1) is 24.6. The van der Waals surface area contributed by atoms with Gasteiger partial charge >= 0.3 is 5.69 Å². The minimum Gasteiger partial charge on any atom is -0.510 e. The summed E-state index contributed by atoms with van der Waals surface area (Å²) in [6.45, 7) is 1.30. The lowest BCUT2D eigenvalue weighted by molar-refractivity contribution is -0.113. The number of anilines is 2. The van der Waals surface area contributed by atoms with Crippen LogP contribution < -0.4 is 22.1 Å². The van der Waals surface area contributed by atoms with E-state index in [0.29, 0.717) is 39.2 Å². The van der Waals surface area contributed by atoms with Crippen molar-refractivity contribution in [2.45, 2.75) is 6.92 Å². The third kappa shape index (κ3) is 5.95. The lowest BCUT2D eigenvalue weighted by atomic mass is 10.1. The Morgan fingerprint density at radius 1 is 0.838 bits per heavy atom. The molecule has 0 aliphatic carbocycles. The molecule has 0 fully saturated rings. The lowest BCUT2D eigenvalue weighted by Gasteiger charge is -2.07. The average molecular weight is 499 g/mol. The minimum atomic E-state index is -0.709. The van der Waals surface area contributed by atoms with Crippen LogP contribution in [0.5, 0.6) is 0 Å². The van der Waals surface area contributed by atoms with E-state index in [4.69, 9.17) is 5.73 Å². The molecule has 0 unspecified atom stereocenters. The number of H-pyrrole nitrogens is 2. The van der Waals surface area contributed by atoms with Crippen LogP contribution in [0.2, 0.25) is 0 Å². The maximum atomic E-state index is 12.7. The van der Waals surface area contributed by atoms with Crippen molar-refractivity contribution in [3.05, 3.63) is 99.8 Å². The van der Waals surface area contributed by atoms with Crippen LogP contribution in [0.1, 0.15) is 27.6 Å². The summed E-state index contributed by atoms with van der Waals surface area (Å²) in [4.78, 5) is 52.9. The van der Waals surface area contributed by atoms with Crippen LogP contribution in [0.25, 0.3) is 11.0 Å². The van der Waals surface area contributed by atoms with E-state index in [2.05, 4.69) is 30.8 Å². The molecule has 4 aromatic rings. The standard InChI is InChI=1S/C25H21N7O5/c1-13(33)21(24(36)28-18-10-11-19-20(12-18)30-25(37)29-19)32-31-17-8-4-15(5-9-17)23(35)27-16-6-2-14(3-7-16)22(26)34/h2-12,33H,1H3,(H2,26,34)(H,27,35)(H,28,36)(H2,29,30,37). The zero-order chi connectivity index (χ0) is 26.5. The first-order chi connectivity index (χ1) is 17.7. The molecule has 12 heteroatoms. The number of carbonyl (C=O) groups is 3. The highest BCUT2D eigenvalue weighted by Crippen LogP contribution is 2.20. The summed E-state index contributed by atoms with van der Waals surface area (Å²) in [5.41, 5.74) is 7.46. The van der Waals surface area contributed by atoms with Crippen molar-refractivity contribution in [1.82, 2.24) is 9.97 Å². The molecule has 0 aliphatic rings. The Morgan fingerprint density at radius 2 is 1.46 bits per heavy atom. The number of benzene rings is 3. The number of aromatic nitrogens is 2. The van der Waals surface area contributed by atoms with Gasteiger partial charge in [-0.3, -0.25) is 14.4 Å². The summed E-state index contributed by atoms with van der Waals surface area (Å²) in [5.74, 6) is -2.01. The van der Waals surface area contributed by atoms with Gasteiger partial charge in [-0.05, 0) is 73.7 Å². The van der Waals surface area contributed by atoms with E-state index in [-0.39, 0.29) is 23.1 Å². The second-order valence-corrected chi connectivity index (χ2v) is 7.87. The van der Waals surface area contributed by atoms with Crippen LogP contribution in [0.4, 0.5) is 17.1 Å². The zero-order valence-electron chi connectivity index (χ0n) is 19.4. The molecule has 0 bridgehead atoms. The van der Waals surface area contributed by atoms with Gasteiger partial charge in [0.05, 0.1) is 16.7 Å². The minimum absolute atomic E-state index is 0.316. The van der Waals surface area contributed by atoms with Crippen molar-refractivity contribution in [1.29, 1.82) is 0 Å². The highest BCUT2D eigenvalue weighted by molar-refractivity contribution is 6.05. The number of aromatic amines is 2. The van der Waals surface area contributed by atoms with E-state index in [0.717, 1.165) is 0 Å². The second-order valence-electron chi connectivity index (χ2n) is 7.87. The molecule has 3 amide bonds. The molecule has 0 saturated carbocycles. The van der Waals surface area contributed by atoms with Gasteiger partial charge in [-0.15, -0.1) is 5.11 Å². The smallest absolute Gasteiger partial charge is 0.323 e. The van der Waals surface area contributed by atoms with Crippen LogP contribution in [0.3, 0.4) is 0 Å². The third-order valence-corrected chi connectivity index (χ3v) is 5.15. The fourth-order valence-corrected chi connectivity index (χ4v) is 3.29. The Labute approximate surface area is 208 Å². The molecule has 37 heavy (non-hydrogen) atoms. The van der Waals surface area contributed by atoms with Crippen molar-refractivity contribution >= 4 is 45.8 Å². The molecule has 1 heterocycles. The van der Waals surface area contributed by atoms with E-state index in [1.807, 2.05) is 0 Å². The van der Waals surface area contributed by atoms with Gasteiger partial charge in [0.25, 0.3) is 11.8 Å². The molecule has 0 saturated heterocycles. The number of azo groups is 1. The number of nitrogens with zero attached hydrogens (tertiary/aromatic N) is 2. The number of allylic oxidation sites excluding steroid dienone is 1. The van der Waals surface area contributed by atoms with Crippen molar-refractivity contribution in [2.75, 3.05) is 10.6 Å². The first-order valence-electron chi connectivity index (χ1n) is 10.9. The van der Waals surface area contributed by atoms with Crippen LogP contribution in [-0.4, -0.2) is 32.8 Å². The number of primary amides is 1. The SMILES string of the molecule is CC(O)=C(N=Nc1ccc(C(=O)Nc2ccc(C(N)=O)cc2)cc1)C(=O)Nc1ccc2[nH]c(=O)[nH]c2c1. The van der Waals surface area contributed by atoms with Crippen LogP contribution in [0.15, 0.2) is 93.2 Å². The van der Waals surface area contributed by atoms with Gasteiger partial charge in [0.2, 0.25) is 5.91 Å². The van der Waals surface area contributed by atoms with Crippen LogP contribution in [-0.2, 0) is 4.79 Å². The predicted octanol–water partition coefficient (Wildman–Crippen LogP) is 3.72. The molecule has 0 aliphatic heterocycles. The average Bonchev–Trinajstić information content (AvgIpc) is 3.24. The molecule has 0 radical (unpaired) electrons. The second kappa shape index (κ2) is 10.4. The molecule has 7 N–H and O–H groups in total. The Hall–Kier alpha value is -5.52.